The van der Waals surface area contributed by atoms with Crippen LogP contribution < -0.4 is 4.31 Å². The number of benzene rings is 1. The smallest absolute Gasteiger partial charge is 0.283 e. The molecule has 0 saturated heterocycles. The van der Waals surface area contributed by atoms with Gasteiger partial charge in [-0.1, -0.05) is 34.8 Å². The summed E-state index contributed by atoms with van der Waals surface area (Å²) in [7, 11) is 0. The van der Waals surface area contributed by atoms with Gasteiger partial charge in [0.05, 0.1) is 11.1 Å². The maximum Gasteiger partial charge on any atom is 0.453 e. The van der Waals surface area contributed by atoms with Gasteiger partial charge >= 0.3 is 16.3 Å². The van der Waals surface area contributed by atoms with E-state index in [1.54, 1.807) is 0 Å². The Hall–Kier alpha value is -1.91. The topological polar surface area (TPSA) is 46.3 Å². The first-order valence-corrected chi connectivity index (χ1v) is 10.5. The Kier molecular flexibility index (Phi) is 7.27. The van der Waals surface area contributed by atoms with Crippen LogP contribution in [0.4, 0.5) is 49.7 Å². The summed E-state index contributed by atoms with van der Waals surface area (Å²) in [6.07, 6.45) is -10.5. The summed E-state index contributed by atoms with van der Waals surface area (Å²) in [5, 5.41) is 1.92. The third-order valence-corrected chi connectivity index (χ3v) is 5.75. The first-order chi connectivity index (χ1) is 15.8. The van der Waals surface area contributed by atoms with Gasteiger partial charge in [-0.05, 0) is 6.92 Å². The standard InChI is InChI=1S/C16H6Cl3F10N5S/c1-4(14(23,24)25)34(35-16(18,19)29)11-9(8-6(21)2-5(20)3-7(8)22)10(17)30-13-31-12(15(26,27)28)32-33(11)13/h2-4H,1H3/t4-/m0/s1. The largest absolute Gasteiger partial charge is 0.453 e. The molecule has 0 fully saturated rings. The van der Waals surface area contributed by atoms with Gasteiger partial charge in [-0.15, -0.1) is 5.10 Å². The van der Waals surface area contributed by atoms with E-state index < -0.39 is 85.4 Å². The van der Waals surface area contributed by atoms with E-state index in [1.807, 2.05) is 0 Å². The van der Waals surface area contributed by atoms with Crippen LogP contribution in [-0.2, 0) is 6.18 Å². The molecule has 35 heavy (non-hydrogen) atoms. The third-order valence-electron chi connectivity index (χ3n) is 4.17. The number of nitrogens with zero attached hydrogens (tertiary/aromatic N) is 5. The molecule has 0 bridgehead atoms. The fourth-order valence-electron chi connectivity index (χ4n) is 2.73. The van der Waals surface area contributed by atoms with Gasteiger partial charge in [-0.2, -0.15) is 45.2 Å². The van der Waals surface area contributed by atoms with Crippen LogP contribution in [0.25, 0.3) is 16.9 Å². The Morgan fingerprint density at radius 3 is 1.94 bits per heavy atom. The van der Waals surface area contributed by atoms with Crippen LogP contribution in [0.3, 0.4) is 0 Å². The lowest BCUT2D eigenvalue weighted by Crippen LogP contribution is -2.42. The predicted octanol–water partition coefficient (Wildman–Crippen LogP) is 7.34. The summed E-state index contributed by atoms with van der Waals surface area (Å²) in [5.74, 6) is -9.25. The van der Waals surface area contributed by atoms with E-state index in [9.17, 15) is 43.9 Å². The Morgan fingerprint density at radius 1 is 0.943 bits per heavy atom. The lowest BCUT2D eigenvalue weighted by molar-refractivity contribution is -0.145. The molecule has 0 amide bonds. The fourth-order valence-corrected chi connectivity index (χ4v) is 4.19. The molecular formula is C16H6Cl3F10N5S. The molecule has 1 atom stereocenters. The van der Waals surface area contributed by atoms with Crippen molar-refractivity contribution in [3.05, 3.63) is 40.6 Å². The molecule has 3 rings (SSSR count). The molecule has 0 aliphatic heterocycles. The lowest BCUT2D eigenvalue weighted by Gasteiger charge is -2.33. The third kappa shape index (κ3) is 5.75. The number of hydrogen-bond donors (Lipinski definition) is 0. The van der Waals surface area contributed by atoms with Crippen molar-refractivity contribution in [1.29, 1.82) is 0 Å². The van der Waals surface area contributed by atoms with Gasteiger partial charge in [0.15, 0.2) is 5.82 Å². The molecule has 2 aromatic heterocycles. The first-order valence-electron chi connectivity index (χ1n) is 8.61. The number of anilines is 1. The highest BCUT2D eigenvalue weighted by atomic mass is 35.5. The van der Waals surface area contributed by atoms with Crippen LogP contribution in [0.1, 0.15) is 12.7 Å². The van der Waals surface area contributed by atoms with Gasteiger partial charge < -0.3 is 0 Å². The second kappa shape index (κ2) is 9.19. The molecule has 2 heterocycles. The van der Waals surface area contributed by atoms with Crippen LogP contribution >= 0.6 is 46.8 Å². The molecule has 0 N–H and O–H groups in total. The maximum absolute atomic E-state index is 14.6. The van der Waals surface area contributed by atoms with Crippen molar-refractivity contribution in [1.82, 2.24) is 19.6 Å². The average molecular weight is 597 g/mol. The number of halogens is 13. The van der Waals surface area contributed by atoms with Gasteiger partial charge in [0.25, 0.3) is 11.6 Å². The number of rotatable bonds is 5. The number of aromatic nitrogens is 4. The van der Waals surface area contributed by atoms with E-state index in [-0.39, 0.29) is 21.0 Å². The van der Waals surface area contributed by atoms with Crippen LogP contribution in [0.5, 0.6) is 0 Å². The summed E-state index contributed by atoms with van der Waals surface area (Å²) in [6, 6.07) is -2.62. The first kappa shape index (κ1) is 27.7. The number of hydrogen-bond acceptors (Lipinski definition) is 5. The van der Waals surface area contributed by atoms with Crippen molar-refractivity contribution < 1.29 is 43.9 Å². The van der Waals surface area contributed by atoms with Gasteiger partial charge in [0.1, 0.15) is 28.6 Å². The van der Waals surface area contributed by atoms with E-state index in [4.69, 9.17) is 34.8 Å². The molecule has 0 spiro atoms. The minimum absolute atomic E-state index is 0.0129. The lowest BCUT2D eigenvalue weighted by atomic mass is 10.1. The van der Waals surface area contributed by atoms with Crippen molar-refractivity contribution in [2.24, 2.45) is 0 Å². The zero-order valence-electron chi connectivity index (χ0n) is 16.3. The second-order valence-corrected chi connectivity index (χ2v) is 9.75. The van der Waals surface area contributed by atoms with Crippen LogP contribution in [0.2, 0.25) is 5.15 Å². The van der Waals surface area contributed by atoms with E-state index >= 15 is 0 Å². The Labute approximate surface area is 207 Å². The van der Waals surface area contributed by atoms with E-state index in [1.165, 1.54) is 0 Å². The zero-order valence-corrected chi connectivity index (χ0v) is 19.4. The molecule has 1 aromatic carbocycles. The highest BCUT2D eigenvalue weighted by molar-refractivity contribution is 8.04. The van der Waals surface area contributed by atoms with Crippen molar-refractivity contribution in [3.63, 3.8) is 0 Å². The summed E-state index contributed by atoms with van der Waals surface area (Å²) in [5.41, 5.74) is -2.48. The zero-order chi connectivity index (χ0) is 26.7. The van der Waals surface area contributed by atoms with Gasteiger partial charge in [-0.25, -0.2) is 13.2 Å². The van der Waals surface area contributed by atoms with Crippen molar-refractivity contribution in [2.45, 2.75) is 29.2 Å². The van der Waals surface area contributed by atoms with E-state index in [2.05, 4.69) is 15.1 Å². The van der Waals surface area contributed by atoms with Crippen LogP contribution in [-0.4, -0.2) is 35.7 Å². The molecule has 0 unspecified atom stereocenters. The molecule has 3 aromatic rings. The van der Waals surface area contributed by atoms with Crippen molar-refractivity contribution >= 4 is 58.3 Å². The van der Waals surface area contributed by atoms with Crippen LogP contribution in [0, 0.1) is 17.5 Å². The fraction of sp³-hybridized carbons (Fsp3) is 0.312. The number of fused-ring (bicyclic) bond motifs is 1. The predicted molar refractivity (Wildman–Crippen MR) is 107 cm³/mol. The van der Waals surface area contributed by atoms with Crippen molar-refractivity contribution in [2.75, 3.05) is 4.31 Å². The molecule has 0 aliphatic rings. The molecular weight excluding hydrogens is 591 g/mol. The molecule has 192 valence electrons. The van der Waals surface area contributed by atoms with Gasteiger partial charge in [0, 0.05) is 24.1 Å². The average Bonchev–Trinajstić information content (AvgIpc) is 3.07. The Bertz CT molecular complexity index is 1250. The quantitative estimate of drug-likeness (QED) is 0.134. The second-order valence-electron chi connectivity index (χ2n) is 6.57. The highest BCUT2D eigenvalue weighted by Gasteiger charge is 2.47. The summed E-state index contributed by atoms with van der Waals surface area (Å²) >= 11 is 15.7. The SMILES string of the molecule is C[C@H](N(SC(F)(Cl)Cl)c1c(-c2c(F)cc(F)cc2F)c(Cl)nc2nc(C(F)(F)F)nn12)C(F)(F)F. The Morgan fingerprint density at radius 2 is 1.49 bits per heavy atom. The molecule has 0 saturated carbocycles. The minimum Gasteiger partial charge on any atom is -0.283 e. The molecule has 0 radical (unpaired) electrons. The maximum atomic E-state index is 14.6. The van der Waals surface area contributed by atoms with E-state index in [0.717, 1.165) is 0 Å². The normalized spacial score (nSPS) is 14.0. The minimum atomic E-state index is -5.26. The molecule has 19 heteroatoms. The monoisotopic (exact) mass is 595 g/mol. The molecule has 5 nitrogen and oxygen atoms in total. The van der Waals surface area contributed by atoms with Crippen LogP contribution in [0.15, 0.2) is 12.1 Å². The Balaban J connectivity index is 2.54. The van der Waals surface area contributed by atoms with Gasteiger partial charge in [0.2, 0.25) is 0 Å². The number of alkyl halides is 9. The van der Waals surface area contributed by atoms with Gasteiger partial charge in [-0.3, -0.25) is 4.31 Å². The summed E-state index contributed by atoms with van der Waals surface area (Å²) in [6.45, 7) is 0.398. The van der Waals surface area contributed by atoms with Crippen molar-refractivity contribution in [3.8, 4) is 11.1 Å². The summed E-state index contributed by atoms with van der Waals surface area (Å²) < 4.78 is 134. The summed E-state index contributed by atoms with van der Waals surface area (Å²) in [4.78, 5) is 6.41. The van der Waals surface area contributed by atoms with E-state index in [0.29, 0.717) is 6.92 Å². The highest BCUT2D eigenvalue weighted by Crippen LogP contribution is 2.49. The molecule has 0 aliphatic carbocycles.